The maximum Gasteiger partial charge on any atom is 0.410 e. The third-order valence-corrected chi connectivity index (χ3v) is 4.90. The van der Waals surface area contributed by atoms with Crippen molar-refractivity contribution < 1.29 is 23.4 Å². The molecule has 0 spiro atoms. The number of nitrogens with zero attached hydrogens (tertiary/aromatic N) is 4. The molecular weight excluding hydrogens is 439 g/mol. The molecule has 168 valence electrons. The lowest BCUT2D eigenvalue weighted by molar-refractivity contribution is 0.0275. The highest BCUT2D eigenvalue weighted by Crippen LogP contribution is 2.30. The molecule has 0 unspecified atom stereocenters. The molecule has 32 heavy (non-hydrogen) atoms. The van der Waals surface area contributed by atoms with Crippen LogP contribution in [-0.2, 0) is 4.74 Å². The van der Waals surface area contributed by atoms with Gasteiger partial charge in [0.1, 0.15) is 29.6 Å². The van der Waals surface area contributed by atoms with E-state index in [1.54, 1.807) is 17.0 Å². The average Bonchev–Trinajstić information content (AvgIpc) is 3.19. The zero-order valence-corrected chi connectivity index (χ0v) is 18.6. The van der Waals surface area contributed by atoms with Gasteiger partial charge in [0.25, 0.3) is 0 Å². The van der Waals surface area contributed by atoms with E-state index in [1.807, 2.05) is 20.8 Å². The van der Waals surface area contributed by atoms with Gasteiger partial charge in [0.2, 0.25) is 11.8 Å². The summed E-state index contributed by atoms with van der Waals surface area (Å²) in [6, 6.07) is 7.45. The van der Waals surface area contributed by atoms with E-state index in [2.05, 4.69) is 15.0 Å². The molecule has 2 aromatic heterocycles. The minimum atomic E-state index is -0.554. The summed E-state index contributed by atoms with van der Waals surface area (Å²) in [7, 11) is 0. The summed E-state index contributed by atoms with van der Waals surface area (Å²) in [6.07, 6.45) is 1.41. The zero-order valence-electron chi connectivity index (χ0n) is 17.8. The van der Waals surface area contributed by atoms with Gasteiger partial charge in [-0.15, -0.1) is 0 Å². The molecule has 4 rings (SSSR count). The minimum absolute atomic E-state index is 0.0615. The Balaban J connectivity index is 1.49. The second-order valence-electron chi connectivity index (χ2n) is 8.33. The summed E-state index contributed by atoms with van der Waals surface area (Å²) >= 11 is 5.83. The second kappa shape index (κ2) is 8.74. The standard InChI is InChI=1S/C22H22ClFN4O4/c1-22(2,3)32-21(29)28-9-8-14(11-28)30-18-7-6-17-19(27-18)20(26-12-25-17)31-13-4-5-16(24)15(23)10-13/h4-7,10,12,14H,8-9,11H2,1-3H3/t14-/m0/s1. The van der Waals surface area contributed by atoms with Gasteiger partial charge in [0.15, 0.2) is 5.52 Å². The number of carbonyl (C=O) groups is 1. The van der Waals surface area contributed by atoms with Crippen molar-refractivity contribution in [2.45, 2.75) is 38.9 Å². The van der Waals surface area contributed by atoms with Crippen LogP contribution < -0.4 is 9.47 Å². The molecular formula is C22H22ClFN4O4. The van der Waals surface area contributed by atoms with Crippen LogP contribution in [-0.4, -0.2) is 50.7 Å². The largest absolute Gasteiger partial charge is 0.472 e. The Morgan fingerprint density at radius 3 is 2.78 bits per heavy atom. The first-order valence-electron chi connectivity index (χ1n) is 10.1. The number of amides is 1. The summed E-state index contributed by atoms with van der Waals surface area (Å²) in [5, 5.41) is -0.0615. The molecule has 1 aliphatic rings. The van der Waals surface area contributed by atoms with Crippen molar-refractivity contribution in [3.05, 3.63) is 47.5 Å². The Morgan fingerprint density at radius 2 is 2.03 bits per heavy atom. The molecule has 3 aromatic rings. The van der Waals surface area contributed by atoms with Crippen LogP contribution in [0.4, 0.5) is 9.18 Å². The van der Waals surface area contributed by atoms with E-state index in [4.69, 9.17) is 25.8 Å². The van der Waals surface area contributed by atoms with Crippen molar-refractivity contribution in [1.82, 2.24) is 19.9 Å². The van der Waals surface area contributed by atoms with Crippen LogP contribution in [0.1, 0.15) is 27.2 Å². The summed E-state index contributed by atoms with van der Waals surface area (Å²) in [4.78, 5) is 26.7. The topological polar surface area (TPSA) is 86.7 Å². The fourth-order valence-electron chi connectivity index (χ4n) is 3.18. The third-order valence-electron chi connectivity index (χ3n) is 4.61. The molecule has 10 heteroatoms. The number of benzene rings is 1. The van der Waals surface area contributed by atoms with Gasteiger partial charge in [0, 0.05) is 25.1 Å². The summed E-state index contributed by atoms with van der Waals surface area (Å²) in [5.41, 5.74) is 0.381. The fourth-order valence-corrected chi connectivity index (χ4v) is 3.35. The smallest absolute Gasteiger partial charge is 0.410 e. The molecule has 0 bridgehead atoms. The first kappa shape index (κ1) is 22.0. The molecule has 1 aromatic carbocycles. The molecule has 1 amide bonds. The van der Waals surface area contributed by atoms with Crippen molar-refractivity contribution in [1.29, 1.82) is 0 Å². The van der Waals surface area contributed by atoms with Crippen LogP contribution >= 0.6 is 11.6 Å². The monoisotopic (exact) mass is 460 g/mol. The van der Waals surface area contributed by atoms with Crippen LogP contribution in [0.25, 0.3) is 11.0 Å². The summed E-state index contributed by atoms with van der Waals surface area (Å²) in [5.74, 6) is 0.306. The molecule has 0 aliphatic carbocycles. The minimum Gasteiger partial charge on any atom is -0.472 e. The Morgan fingerprint density at radius 1 is 1.22 bits per heavy atom. The number of rotatable bonds is 4. The van der Waals surface area contributed by atoms with Gasteiger partial charge in [-0.05, 0) is 39.0 Å². The van der Waals surface area contributed by atoms with Crippen LogP contribution in [0.5, 0.6) is 17.5 Å². The van der Waals surface area contributed by atoms with E-state index >= 15 is 0 Å². The maximum atomic E-state index is 13.4. The van der Waals surface area contributed by atoms with E-state index in [1.165, 1.54) is 24.5 Å². The van der Waals surface area contributed by atoms with E-state index < -0.39 is 11.4 Å². The SMILES string of the molecule is CC(C)(C)OC(=O)N1CC[C@H](Oc2ccc3ncnc(Oc4ccc(F)c(Cl)c4)c3n2)C1. The molecule has 0 N–H and O–H groups in total. The number of carbonyl (C=O) groups excluding carboxylic acids is 1. The molecule has 0 radical (unpaired) electrons. The molecule has 0 saturated carbocycles. The first-order chi connectivity index (χ1) is 15.2. The van der Waals surface area contributed by atoms with Crippen molar-refractivity contribution in [3.8, 4) is 17.5 Å². The number of hydrogen-bond acceptors (Lipinski definition) is 7. The second-order valence-corrected chi connectivity index (χ2v) is 8.74. The normalized spacial score (nSPS) is 16.3. The fraction of sp³-hybridized carbons (Fsp3) is 0.364. The van der Waals surface area contributed by atoms with E-state index in [-0.39, 0.29) is 23.1 Å². The number of ether oxygens (including phenoxy) is 3. The highest BCUT2D eigenvalue weighted by molar-refractivity contribution is 6.30. The lowest BCUT2D eigenvalue weighted by atomic mass is 10.2. The molecule has 8 nitrogen and oxygen atoms in total. The van der Waals surface area contributed by atoms with Crippen molar-refractivity contribution in [3.63, 3.8) is 0 Å². The zero-order chi connectivity index (χ0) is 22.9. The number of aromatic nitrogens is 3. The van der Waals surface area contributed by atoms with Gasteiger partial charge in [-0.25, -0.2) is 19.2 Å². The van der Waals surface area contributed by atoms with Crippen LogP contribution in [0.15, 0.2) is 36.7 Å². The molecule has 1 fully saturated rings. The molecule has 1 saturated heterocycles. The Labute approximate surface area is 189 Å². The first-order valence-corrected chi connectivity index (χ1v) is 10.4. The predicted octanol–water partition coefficient (Wildman–Crippen LogP) is 5.00. The number of halogens is 2. The lowest BCUT2D eigenvalue weighted by Gasteiger charge is -2.24. The number of pyridine rings is 1. The highest BCUT2D eigenvalue weighted by Gasteiger charge is 2.31. The quantitative estimate of drug-likeness (QED) is 0.541. The Bertz CT molecular complexity index is 1150. The van der Waals surface area contributed by atoms with Gasteiger partial charge in [-0.3, -0.25) is 0 Å². The summed E-state index contributed by atoms with van der Waals surface area (Å²) in [6.45, 7) is 6.42. The Hall–Kier alpha value is -3.20. The number of fused-ring (bicyclic) bond motifs is 1. The third kappa shape index (κ3) is 5.16. The van der Waals surface area contributed by atoms with Gasteiger partial charge < -0.3 is 19.1 Å². The van der Waals surface area contributed by atoms with Crippen LogP contribution in [0.2, 0.25) is 5.02 Å². The van der Waals surface area contributed by atoms with E-state index in [0.717, 1.165) is 0 Å². The Kier molecular flexibility index (Phi) is 6.01. The molecule has 1 aliphatic heterocycles. The van der Waals surface area contributed by atoms with Gasteiger partial charge in [-0.2, -0.15) is 4.98 Å². The van der Waals surface area contributed by atoms with Gasteiger partial charge >= 0.3 is 6.09 Å². The van der Waals surface area contributed by atoms with E-state index in [0.29, 0.717) is 42.2 Å². The summed E-state index contributed by atoms with van der Waals surface area (Å²) < 4.78 is 30.6. The highest BCUT2D eigenvalue weighted by atomic mass is 35.5. The van der Waals surface area contributed by atoms with Gasteiger partial charge in [0.05, 0.1) is 17.1 Å². The van der Waals surface area contributed by atoms with Crippen molar-refractivity contribution in [2.75, 3.05) is 13.1 Å². The van der Waals surface area contributed by atoms with Gasteiger partial charge in [-0.1, -0.05) is 11.6 Å². The van der Waals surface area contributed by atoms with Crippen molar-refractivity contribution in [2.24, 2.45) is 0 Å². The molecule has 1 atom stereocenters. The predicted molar refractivity (Wildman–Crippen MR) is 116 cm³/mol. The van der Waals surface area contributed by atoms with Crippen molar-refractivity contribution >= 4 is 28.7 Å². The van der Waals surface area contributed by atoms with Crippen LogP contribution in [0.3, 0.4) is 0 Å². The maximum absolute atomic E-state index is 13.4. The lowest BCUT2D eigenvalue weighted by Crippen LogP contribution is -2.36. The number of likely N-dealkylation sites (tertiary alicyclic amines) is 1. The number of hydrogen-bond donors (Lipinski definition) is 0. The average molecular weight is 461 g/mol. The van der Waals surface area contributed by atoms with E-state index in [9.17, 15) is 9.18 Å². The van der Waals surface area contributed by atoms with Crippen LogP contribution in [0, 0.1) is 5.82 Å². The molecule has 3 heterocycles.